The lowest BCUT2D eigenvalue weighted by Gasteiger charge is -2.17. The zero-order valence-electron chi connectivity index (χ0n) is 10.7. The van der Waals surface area contributed by atoms with Crippen molar-refractivity contribution < 1.29 is 14.3 Å². The normalized spacial score (nSPS) is 13.8. The van der Waals surface area contributed by atoms with E-state index in [0.29, 0.717) is 10.6 Å². The van der Waals surface area contributed by atoms with E-state index in [1.807, 2.05) is 13.8 Å². The van der Waals surface area contributed by atoms with Crippen LogP contribution < -0.4 is 11.1 Å². The molecule has 3 N–H and O–H groups in total. The number of nitrogens with one attached hydrogen (secondary N) is 1. The summed E-state index contributed by atoms with van der Waals surface area (Å²) < 4.78 is 4.63. The largest absolute Gasteiger partial charge is 0.465 e. The molecule has 0 aliphatic rings. The number of amides is 1. The van der Waals surface area contributed by atoms with E-state index in [2.05, 4.69) is 10.1 Å². The maximum atomic E-state index is 11.9. The summed E-state index contributed by atoms with van der Waals surface area (Å²) in [5.41, 5.74) is 6.28. The quantitative estimate of drug-likeness (QED) is 0.800. The fraction of sp³-hybridized carbons (Fsp3) is 0.500. The van der Waals surface area contributed by atoms with Gasteiger partial charge >= 0.3 is 5.97 Å². The van der Waals surface area contributed by atoms with Gasteiger partial charge in [-0.05, 0) is 17.4 Å². The molecule has 1 aromatic heterocycles. The van der Waals surface area contributed by atoms with Crippen molar-refractivity contribution in [2.75, 3.05) is 12.4 Å². The molecule has 100 valence electrons. The smallest absolute Gasteiger partial charge is 0.350 e. The van der Waals surface area contributed by atoms with Gasteiger partial charge in [-0.15, -0.1) is 11.3 Å². The molecule has 2 atom stereocenters. The number of rotatable bonds is 5. The summed E-state index contributed by atoms with van der Waals surface area (Å²) in [4.78, 5) is 23.7. The second kappa shape index (κ2) is 6.51. The molecule has 0 bridgehead atoms. The van der Waals surface area contributed by atoms with Crippen molar-refractivity contribution in [2.24, 2.45) is 11.7 Å². The monoisotopic (exact) mass is 270 g/mol. The van der Waals surface area contributed by atoms with E-state index < -0.39 is 12.0 Å². The van der Waals surface area contributed by atoms with Crippen LogP contribution in [-0.2, 0) is 9.53 Å². The SMILES string of the molecule is CCC(C)C(N)C(=O)Nc1ccsc1C(=O)OC. The summed E-state index contributed by atoms with van der Waals surface area (Å²) in [6.45, 7) is 3.89. The van der Waals surface area contributed by atoms with Gasteiger partial charge in [0.15, 0.2) is 0 Å². The van der Waals surface area contributed by atoms with Crippen molar-refractivity contribution in [3.8, 4) is 0 Å². The topological polar surface area (TPSA) is 81.4 Å². The maximum Gasteiger partial charge on any atom is 0.350 e. The van der Waals surface area contributed by atoms with Crippen LogP contribution in [0.1, 0.15) is 29.9 Å². The predicted molar refractivity (Wildman–Crippen MR) is 71.7 cm³/mol. The van der Waals surface area contributed by atoms with Gasteiger partial charge in [-0.3, -0.25) is 4.79 Å². The maximum absolute atomic E-state index is 11.9. The molecule has 0 fully saturated rings. The average Bonchev–Trinajstić information content (AvgIpc) is 2.83. The summed E-state index contributed by atoms with van der Waals surface area (Å²) in [7, 11) is 1.30. The van der Waals surface area contributed by atoms with Gasteiger partial charge < -0.3 is 15.8 Å². The van der Waals surface area contributed by atoms with Crippen molar-refractivity contribution in [1.82, 2.24) is 0 Å². The van der Waals surface area contributed by atoms with E-state index in [0.717, 1.165) is 6.42 Å². The molecule has 18 heavy (non-hydrogen) atoms. The molecule has 0 aromatic carbocycles. The zero-order valence-corrected chi connectivity index (χ0v) is 11.5. The molecule has 0 aliphatic heterocycles. The van der Waals surface area contributed by atoms with Gasteiger partial charge in [-0.2, -0.15) is 0 Å². The Bertz CT molecular complexity index is 431. The Hall–Kier alpha value is -1.40. The van der Waals surface area contributed by atoms with E-state index in [4.69, 9.17) is 5.73 Å². The summed E-state index contributed by atoms with van der Waals surface area (Å²) in [6, 6.07) is 1.08. The molecule has 1 rings (SSSR count). The third-order valence-corrected chi connectivity index (χ3v) is 3.75. The fourth-order valence-corrected chi connectivity index (χ4v) is 2.15. The molecule has 1 amide bonds. The standard InChI is InChI=1S/C12H18N2O3S/c1-4-7(2)9(13)11(15)14-8-5-6-18-10(8)12(16)17-3/h5-7,9H,4,13H2,1-3H3,(H,14,15). The highest BCUT2D eigenvalue weighted by molar-refractivity contribution is 7.12. The van der Waals surface area contributed by atoms with E-state index in [-0.39, 0.29) is 11.8 Å². The molecule has 6 heteroatoms. The highest BCUT2D eigenvalue weighted by Gasteiger charge is 2.22. The lowest BCUT2D eigenvalue weighted by Crippen LogP contribution is -2.40. The van der Waals surface area contributed by atoms with Crippen molar-refractivity contribution in [2.45, 2.75) is 26.3 Å². The molecule has 1 heterocycles. The number of hydrogen-bond donors (Lipinski definition) is 2. The third-order valence-electron chi connectivity index (χ3n) is 2.85. The lowest BCUT2D eigenvalue weighted by molar-refractivity contribution is -0.118. The molecule has 1 aromatic rings. The number of carbonyl (C=O) groups excluding carboxylic acids is 2. The second-order valence-electron chi connectivity index (χ2n) is 4.06. The minimum atomic E-state index is -0.583. The number of methoxy groups -OCH3 is 1. The molecule has 0 saturated heterocycles. The molecular weight excluding hydrogens is 252 g/mol. The highest BCUT2D eigenvalue weighted by Crippen LogP contribution is 2.23. The van der Waals surface area contributed by atoms with E-state index in [1.54, 1.807) is 11.4 Å². The first-order chi connectivity index (χ1) is 8.51. The van der Waals surface area contributed by atoms with Crippen LogP contribution in [0.2, 0.25) is 0 Å². The Kier molecular flexibility index (Phi) is 5.30. The number of nitrogens with two attached hydrogens (primary N) is 1. The third kappa shape index (κ3) is 3.30. The molecule has 0 spiro atoms. The number of anilines is 1. The first-order valence-corrected chi connectivity index (χ1v) is 6.61. The van der Waals surface area contributed by atoms with Gasteiger partial charge in [0.25, 0.3) is 0 Å². The van der Waals surface area contributed by atoms with Crippen molar-refractivity contribution in [1.29, 1.82) is 0 Å². The van der Waals surface area contributed by atoms with Crippen molar-refractivity contribution in [3.63, 3.8) is 0 Å². The number of carbonyl (C=O) groups is 2. The van der Waals surface area contributed by atoms with Crippen LogP contribution in [0, 0.1) is 5.92 Å². The second-order valence-corrected chi connectivity index (χ2v) is 4.97. The Morgan fingerprint density at radius 3 is 2.78 bits per heavy atom. The van der Waals surface area contributed by atoms with Crippen LogP contribution in [0.5, 0.6) is 0 Å². The summed E-state index contributed by atoms with van der Waals surface area (Å²) in [5.74, 6) is -0.657. The summed E-state index contributed by atoms with van der Waals surface area (Å²) >= 11 is 1.22. The molecule has 5 nitrogen and oxygen atoms in total. The van der Waals surface area contributed by atoms with Gasteiger partial charge in [-0.25, -0.2) is 4.79 Å². The van der Waals surface area contributed by atoms with Gasteiger partial charge in [0.1, 0.15) is 4.88 Å². The first-order valence-electron chi connectivity index (χ1n) is 5.73. The zero-order chi connectivity index (χ0) is 13.7. The van der Waals surface area contributed by atoms with Crippen LogP contribution >= 0.6 is 11.3 Å². The van der Waals surface area contributed by atoms with Crippen LogP contribution in [0.3, 0.4) is 0 Å². The van der Waals surface area contributed by atoms with Gasteiger partial charge in [0.05, 0.1) is 18.8 Å². The van der Waals surface area contributed by atoms with Crippen molar-refractivity contribution >= 4 is 28.9 Å². The van der Waals surface area contributed by atoms with Gasteiger partial charge in [0, 0.05) is 0 Å². The van der Waals surface area contributed by atoms with E-state index in [9.17, 15) is 9.59 Å². The average molecular weight is 270 g/mol. The molecule has 0 radical (unpaired) electrons. The number of thiophene rings is 1. The fourth-order valence-electron chi connectivity index (χ4n) is 1.39. The molecule has 0 aliphatic carbocycles. The Morgan fingerprint density at radius 2 is 2.22 bits per heavy atom. The highest BCUT2D eigenvalue weighted by atomic mass is 32.1. The lowest BCUT2D eigenvalue weighted by atomic mass is 9.99. The van der Waals surface area contributed by atoms with Crippen LogP contribution in [0.4, 0.5) is 5.69 Å². The number of esters is 1. The molecule has 2 unspecified atom stereocenters. The first kappa shape index (κ1) is 14.7. The van der Waals surface area contributed by atoms with Crippen LogP contribution in [0.15, 0.2) is 11.4 Å². The van der Waals surface area contributed by atoms with E-state index in [1.165, 1.54) is 18.4 Å². The van der Waals surface area contributed by atoms with Crippen LogP contribution in [-0.4, -0.2) is 25.0 Å². The molecular formula is C12H18N2O3S. The predicted octanol–water partition coefficient (Wildman–Crippen LogP) is 1.85. The Morgan fingerprint density at radius 1 is 1.56 bits per heavy atom. The minimum absolute atomic E-state index is 0.0882. The summed E-state index contributed by atoms with van der Waals surface area (Å²) in [5, 5.41) is 4.39. The number of hydrogen-bond acceptors (Lipinski definition) is 5. The molecule has 0 saturated carbocycles. The number of ether oxygens (including phenoxy) is 1. The summed E-state index contributed by atoms with van der Waals surface area (Å²) in [6.07, 6.45) is 0.822. The Labute approximate surface area is 110 Å². The van der Waals surface area contributed by atoms with Crippen molar-refractivity contribution in [3.05, 3.63) is 16.3 Å². The van der Waals surface area contributed by atoms with E-state index >= 15 is 0 Å². The Balaban J connectivity index is 2.76. The van der Waals surface area contributed by atoms with Gasteiger partial charge in [0.2, 0.25) is 5.91 Å². The minimum Gasteiger partial charge on any atom is -0.465 e. The van der Waals surface area contributed by atoms with Gasteiger partial charge in [-0.1, -0.05) is 20.3 Å². The van der Waals surface area contributed by atoms with Crippen LogP contribution in [0.25, 0.3) is 0 Å².